The van der Waals surface area contributed by atoms with Gasteiger partial charge < -0.3 is 15.2 Å². The zero-order valence-electron chi connectivity index (χ0n) is 10.9. The van der Waals surface area contributed by atoms with Crippen molar-refractivity contribution in [3.8, 4) is 5.75 Å². The fourth-order valence-electron chi connectivity index (χ4n) is 2.70. The molecule has 1 aromatic carbocycles. The lowest BCUT2D eigenvalue weighted by Gasteiger charge is -2.37. The van der Waals surface area contributed by atoms with Gasteiger partial charge in [-0.3, -0.25) is 0 Å². The van der Waals surface area contributed by atoms with E-state index in [2.05, 4.69) is 30.4 Å². The molecule has 1 aromatic rings. The van der Waals surface area contributed by atoms with Crippen molar-refractivity contribution in [3.63, 3.8) is 0 Å². The largest absolute Gasteiger partial charge is 0.493 e. The summed E-state index contributed by atoms with van der Waals surface area (Å²) >= 11 is 0. The molecule has 3 heteroatoms. The van der Waals surface area contributed by atoms with Crippen molar-refractivity contribution in [2.75, 3.05) is 13.2 Å². The van der Waals surface area contributed by atoms with Crippen molar-refractivity contribution in [2.45, 2.75) is 44.2 Å². The maximum atomic E-state index is 10.1. The minimum absolute atomic E-state index is 0.278. The number of nitrogens with one attached hydrogen (secondary N) is 1. The van der Waals surface area contributed by atoms with Crippen molar-refractivity contribution in [1.82, 2.24) is 5.32 Å². The molecule has 2 aliphatic rings. The van der Waals surface area contributed by atoms with Crippen LogP contribution >= 0.6 is 0 Å². The fraction of sp³-hybridized carbons (Fsp3) is 0.600. The first-order valence-electron chi connectivity index (χ1n) is 6.88. The van der Waals surface area contributed by atoms with Crippen molar-refractivity contribution in [2.24, 2.45) is 0 Å². The molecule has 1 saturated carbocycles. The summed E-state index contributed by atoms with van der Waals surface area (Å²) in [5.74, 6) is 1.03. The normalized spacial score (nSPS) is 21.9. The van der Waals surface area contributed by atoms with Crippen molar-refractivity contribution >= 4 is 0 Å². The number of fused-ring (bicyclic) bond motifs is 1. The second-order valence-electron chi connectivity index (χ2n) is 5.65. The van der Waals surface area contributed by atoms with Crippen LogP contribution in [0.5, 0.6) is 5.75 Å². The highest BCUT2D eigenvalue weighted by molar-refractivity contribution is 5.40. The summed E-state index contributed by atoms with van der Waals surface area (Å²) in [5.41, 5.74) is 2.14. The van der Waals surface area contributed by atoms with Gasteiger partial charge in [0.1, 0.15) is 5.75 Å². The van der Waals surface area contributed by atoms with Crippen LogP contribution in [0.15, 0.2) is 18.2 Å². The van der Waals surface area contributed by atoms with E-state index in [-0.39, 0.29) is 6.04 Å². The van der Waals surface area contributed by atoms with Gasteiger partial charge in [0.2, 0.25) is 0 Å². The molecule has 0 amide bonds. The molecule has 1 atom stereocenters. The van der Waals surface area contributed by atoms with Crippen molar-refractivity contribution < 1.29 is 9.84 Å². The second-order valence-corrected chi connectivity index (χ2v) is 5.65. The molecule has 3 nitrogen and oxygen atoms in total. The Morgan fingerprint density at radius 3 is 3.00 bits per heavy atom. The number of benzene rings is 1. The zero-order valence-corrected chi connectivity index (χ0v) is 10.9. The van der Waals surface area contributed by atoms with Crippen molar-refractivity contribution in [3.05, 3.63) is 29.3 Å². The lowest BCUT2D eigenvalue weighted by Crippen LogP contribution is -2.46. The van der Waals surface area contributed by atoms with Crippen LogP contribution in [0.3, 0.4) is 0 Å². The van der Waals surface area contributed by atoms with Gasteiger partial charge in [0.05, 0.1) is 12.2 Å². The van der Waals surface area contributed by atoms with E-state index in [4.69, 9.17) is 4.74 Å². The molecule has 1 aliphatic heterocycles. The molecule has 0 bridgehead atoms. The maximum absolute atomic E-state index is 10.1. The Morgan fingerprint density at radius 1 is 1.44 bits per heavy atom. The molecular formula is C15H21NO2. The fourth-order valence-corrected chi connectivity index (χ4v) is 2.70. The Balaban J connectivity index is 1.63. The minimum atomic E-state index is -0.450. The molecule has 98 valence electrons. The van der Waals surface area contributed by atoms with Gasteiger partial charge in [-0.05, 0) is 43.4 Å². The smallest absolute Gasteiger partial charge is 0.122 e. The van der Waals surface area contributed by atoms with Gasteiger partial charge in [0.25, 0.3) is 0 Å². The van der Waals surface area contributed by atoms with Crippen LogP contribution in [0, 0.1) is 0 Å². The first kappa shape index (κ1) is 12.0. The van der Waals surface area contributed by atoms with E-state index in [1.807, 2.05) is 0 Å². The standard InChI is InChI=1S/C15H21NO2/c1-11(16-10-15(17)6-2-7-15)12-3-4-14-13(9-12)5-8-18-14/h3-4,9,11,16-17H,2,5-8,10H2,1H3. The van der Waals surface area contributed by atoms with E-state index in [9.17, 15) is 5.11 Å². The van der Waals surface area contributed by atoms with Crippen LogP contribution in [0.1, 0.15) is 43.4 Å². The first-order chi connectivity index (χ1) is 8.66. The van der Waals surface area contributed by atoms with Crippen LogP contribution < -0.4 is 10.1 Å². The van der Waals surface area contributed by atoms with Crippen LogP contribution in [0.25, 0.3) is 0 Å². The highest BCUT2D eigenvalue weighted by Gasteiger charge is 2.34. The zero-order chi connectivity index (χ0) is 12.6. The summed E-state index contributed by atoms with van der Waals surface area (Å²) in [6.07, 6.45) is 4.04. The highest BCUT2D eigenvalue weighted by atomic mass is 16.5. The van der Waals surface area contributed by atoms with Gasteiger partial charge in [-0.15, -0.1) is 0 Å². The molecule has 3 rings (SSSR count). The molecule has 0 aromatic heterocycles. The predicted molar refractivity (Wildman–Crippen MR) is 70.9 cm³/mol. The lowest BCUT2D eigenvalue weighted by atomic mass is 9.80. The van der Waals surface area contributed by atoms with E-state index < -0.39 is 5.60 Å². The van der Waals surface area contributed by atoms with Gasteiger partial charge in [-0.2, -0.15) is 0 Å². The average molecular weight is 247 g/mol. The average Bonchev–Trinajstić information content (AvgIpc) is 2.80. The molecule has 18 heavy (non-hydrogen) atoms. The molecule has 1 aliphatic carbocycles. The SMILES string of the molecule is CC(NCC1(O)CCC1)c1ccc2c(c1)CCO2. The Bertz CT molecular complexity index is 440. The number of hydrogen-bond acceptors (Lipinski definition) is 3. The van der Waals surface area contributed by atoms with Gasteiger partial charge in [-0.1, -0.05) is 12.1 Å². The summed E-state index contributed by atoms with van der Waals surface area (Å²) in [6, 6.07) is 6.69. The third kappa shape index (κ3) is 2.25. The molecule has 1 unspecified atom stereocenters. The molecule has 2 N–H and O–H groups in total. The summed E-state index contributed by atoms with van der Waals surface area (Å²) in [6.45, 7) is 3.65. The Morgan fingerprint density at radius 2 is 2.28 bits per heavy atom. The Hall–Kier alpha value is -1.06. The van der Waals surface area contributed by atoms with E-state index in [0.29, 0.717) is 6.54 Å². The first-order valence-corrected chi connectivity index (χ1v) is 6.88. The summed E-state index contributed by atoms with van der Waals surface area (Å²) in [5, 5.41) is 13.5. The number of rotatable bonds is 4. The molecule has 1 heterocycles. The third-order valence-electron chi connectivity index (χ3n) is 4.24. The topological polar surface area (TPSA) is 41.5 Å². The minimum Gasteiger partial charge on any atom is -0.493 e. The Labute approximate surface area is 108 Å². The van der Waals surface area contributed by atoms with E-state index in [0.717, 1.165) is 38.0 Å². The van der Waals surface area contributed by atoms with Crippen LogP contribution in [0.4, 0.5) is 0 Å². The molecule has 0 saturated heterocycles. The van der Waals surface area contributed by atoms with Crippen LogP contribution in [-0.4, -0.2) is 23.9 Å². The second kappa shape index (κ2) is 4.56. The van der Waals surface area contributed by atoms with Gasteiger partial charge in [0.15, 0.2) is 0 Å². The maximum Gasteiger partial charge on any atom is 0.122 e. The van der Waals surface area contributed by atoms with E-state index in [1.165, 1.54) is 11.1 Å². The lowest BCUT2D eigenvalue weighted by molar-refractivity contribution is -0.0329. The quantitative estimate of drug-likeness (QED) is 0.857. The molecule has 1 fully saturated rings. The molecule has 0 spiro atoms. The van der Waals surface area contributed by atoms with Crippen molar-refractivity contribution in [1.29, 1.82) is 0 Å². The number of ether oxygens (including phenoxy) is 1. The summed E-state index contributed by atoms with van der Waals surface area (Å²) < 4.78 is 5.51. The Kier molecular flexibility index (Phi) is 3.04. The molecular weight excluding hydrogens is 226 g/mol. The number of hydrogen-bond donors (Lipinski definition) is 2. The molecule has 0 radical (unpaired) electrons. The monoisotopic (exact) mass is 247 g/mol. The van der Waals surface area contributed by atoms with Gasteiger partial charge >= 0.3 is 0 Å². The van der Waals surface area contributed by atoms with Crippen LogP contribution in [-0.2, 0) is 6.42 Å². The van der Waals surface area contributed by atoms with Gasteiger partial charge in [0, 0.05) is 19.0 Å². The van der Waals surface area contributed by atoms with Crippen LogP contribution in [0.2, 0.25) is 0 Å². The van der Waals surface area contributed by atoms with E-state index >= 15 is 0 Å². The third-order valence-corrected chi connectivity index (χ3v) is 4.24. The summed E-state index contributed by atoms with van der Waals surface area (Å²) in [4.78, 5) is 0. The summed E-state index contributed by atoms with van der Waals surface area (Å²) in [7, 11) is 0. The highest BCUT2D eigenvalue weighted by Crippen LogP contribution is 2.32. The predicted octanol–water partition coefficient (Wildman–Crippen LogP) is 2.19. The van der Waals surface area contributed by atoms with E-state index in [1.54, 1.807) is 0 Å². The number of aliphatic hydroxyl groups is 1. The van der Waals surface area contributed by atoms with Gasteiger partial charge in [-0.25, -0.2) is 0 Å².